The van der Waals surface area contributed by atoms with E-state index in [0.717, 1.165) is 12.5 Å². The van der Waals surface area contributed by atoms with Gasteiger partial charge in [0.15, 0.2) is 0 Å². The number of carbonyl (C=O) groups is 2. The maximum absolute atomic E-state index is 13.3. The highest BCUT2D eigenvalue weighted by molar-refractivity contribution is 5.85. The van der Waals surface area contributed by atoms with Crippen LogP contribution in [0.15, 0.2) is 18.2 Å². The highest BCUT2D eigenvalue weighted by Crippen LogP contribution is 2.22. The summed E-state index contributed by atoms with van der Waals surface area (Å²) >= 11 is 0. The zero-order valence-corrected chi connectivity index (χ0v) is 13.7. The average Bonchev–Trinajstić information content (AvgIpc) is 3.08. The van der Waals surface area contributed by atoms with Crippen LogP contribution in [0.5, 0.6) is 0 Å². The van der Waals surface area contributed by atoms with E-state index in [1.165, 1.54) is 12.1 Å². The Balaban J connectivity index is 1.53. The minimum absolute atomic E-state index is 0.0634. The minimum atomic E-state index is -0.576. The van der Waals surface area contributed by atoms with Crippen LogP contribution in [0.3, 0.4) is 0 Å². The van der Waals surface area contributed by atoms with Gasteiger partial charge in [-0.2, -0.15) is 0 Å². The number of urea groups is 1. The molecular weight excluding hydrogens is 316 g/mol. The van der Waals surface area contributed by atoms with Gasteiger partial charge in [-0.25, -0.2) is 13.6 Å². The molecule has 0 aromatic heterocycles. The second kappa shape index (κ2) is 6.75. The van der Waals surface area contributed by atoms with Crippen molar-refractivity contribution in [2.24, 2.45) is 5.92 Å². The van der Waals surface area contributed by atoms with E-state index in [1.54, 1.807) is 21.7 Å². The van der Waals surface area contributed by atoms with Gasteiger partial charge in [-0.1, -0.05) is 0 Å². The Morgan fingerprint density at radius 3 is 2.50 bits per heavy atom. The van der Waals surface area contributed by atoms with Crippen LogP contribution < -0.4 is 0 Å². The van der Waals surface area contributed by atoms with Crippen molar-refractivity contribution in [1.29, 1.82) is 0 Å². The molecule has 2 aliphatic heterocycles. The number of rotatable bonds is 4. The Morgan fingerprint density at radius 1 is 1.17 bits per heavy atom. The predicted molar refractivity (Wildman–Crippen MR) is 84.3 cm³/mol. The third kappa shape index (κ3) is 3.66. The lowest BCUT2D eigenvalue weighted by Crippen LogP contribution is -2.41. The highest BCUT2D eigenvalue weighted by atomic mass is 19.1. The fraction of sp³-hybridized carbons (Fsp3) is 0.529. The third-order valence-corrected chi connectivity index (χ3v) is 4.71. The summed E-state index contributed by atoms with van der Waals surface area (Å²) in [5.41, 5.74) is 0.614. The summed E-state index contributed by atoms with van der Waals surface area (Å²) in [7, 11) is 1.72. The second-order valence-electron chi connectivity index (χ2n) is 6.60. The molecule has 3 amide bonds. The maximum Gasteiger partial charge on any atom is 0.320 e. The topological polar surface area (TPSA) is 43.9 Å². The Kier molecular flexibility index (Phi) is 4.69. The average molecular weight is 337 g/mol. The molecule has 7 heteroatoms. The van der Waals surface area contributed by atoms with E-state index >= 15 is 0 Å². The number of benzene rings is 1. The molecule has 1 unspecified atom stereocenters. The molecule has 0 aliphatic carbocycles. The van der Waals surface area contributed by atoms with Crippen LogP contribution in [0.1, 0.15) is 12.0 Å². The van der Waals surface area contributed by atoms with Gasteiger partial charge in [0.25, 0.3) is 0 Å². The lowest BCUT2D eigenvalue weighted by atomic mass is 9.98. The van der Waals surface area contributed by atoms with E-state index < -0.39 is 11.6 Å². The molecule has 1 aromatic carbocycles. The molecule has 3 rings (SSSR count). The van der Waals surface area contributed by atoms with Crippen LogP contribution in [0.25, 0.3) is 0 Å². The molecule has 5 nitrogen and oxygen atoms in total. The molecular formula is C17H21F2N3O2. The lowest BCUT2D eigenvalue weighted by Gasteiger charge is -2.21. The van der Waals surface area contributed by atoms with E-state index in [9.17, 15) is 18.4 Å². The number of nitrogens with zero attached hydrogens (tertiary/aromatic N) is 3. The highest BCUT2D eigenvalue weighted by Gasteiger charge is 2.31. The fourth-order valence-corrected chi connectivity index (χ4v) is 3.40. The Morgan fingerprint density at radius 2 is 1.88 bits per heavy atom. The standard InChI is InChI=1S/C17H21F2N3O2/c1-20-4-5-22(17(20)24)11-16(23)21-3-2-12(10-21)6-13-7-14(18)9-15(19)8-13/h7-9,12H,2-6,10-11H2,1H3. The molecule has 130 valence electrons. The molecule has 24 heavy (non-hydrogen) atoms. The van der Waals surface area contributed by atoms with Crippen LogP contribution in [0.2, 0.25) is 0 Å². The zero-order valence-electron chi connectivity index (χ0n) is 13.7. The summed E-state index contributed by atoms with van der Waals surface area (Å²) in [6.45, 7) is 2.50. The van der Waals surface area contributed by atoms with Crippen molar-refractivity contribution >= 4 is 11.9 Å². The fourth-order valence-electron chi connectivity index (χ4n) is 3.40. The molecule has 0 spiro atoms. The SMILES string of the molecule is CN1CCN(CC(=O)N2CCC(Cc3cc(F)cc(F)c3)C2)C1=O. The van der Waals surface area contributed by atoms with E-state index in [1.807, 2.05) is 0 Å². The van der Waals surface area contributed by atoms with Crippen molar-refractivity contribution in [3.8, 4) is 0 Å². The van der Waals surface area contributed by atoms with Gasteiger partial charge in [-0.15, -0.1) is 0 Å². The quantitative estimate of drug-likeness (QED) is 0.840. The molecule has 0 bridgehead atoms. The maximum atomic E-state index is 13.3. The molecule has 2 heterocycles. The van der Waals surface area contributed by atoms with Crippen LogP contribution in [-0.4, -0.2) is 66.4 Å². The first-order valence-corrected chi connectivity index (χ1v) is 8.15. The Hall–Kier alpha value is -2.18. The molecule has 0 N–H and O–H groups in total. The predicted octanol–water partition coefficient (Wildman–Crippen LogP) is 1.72. The van der Waals surface area contributed by atoms with Crippen molar-refractivity contribution in [2.75, 3.05) is 39.8 Å². The van der Waals surface area contributed by atoms with E-state index in [4.69, 9.17) is 0 Å². The van der Waals surface area contributed by atoms with Crippen molar-refractivity contribution < 1.29 is 18.4 Å². The number of amides is 3. The normalized spacial score (nSPS) is 21.0. The first-order chi connectivity index (χ1) is 11.4. The molecule has 0 radical (unpaired) electrons. The molecule has 1 atom stereocenters. The summed E-state index contributed by atoms with van der Waals surface area (Å²) in [5, 5.41) is 0. The van der Waals surface area contributed by atoms with E-state index in [0.29, 0.717) is 38.2 Å². The zero-order chi connectivity index (χ0) is 17.3. The Bertz CT molecular complexity index is 632. The number of likely N-dealkylation sites (N-methyl/N-ethyl adjacent to an activating group) is 1. The summed E-state index contributed by atoms with van der Waals surface area (Å²) < 4.78 is 26.5. The van der Waals surface area contributed by atoms with E-state index in [-0.39, 0.29) is 24.4 Å². The second-order valence-corrected chi connectivity index (χ2v) is 6.60. The van der Waals surface area contributed by atoms with Crippen molar-refractivity contribution in [3.63, 3.8) is 0 Å². The lowest BCUT2D eigenvalue weighted by molar-refractivity contribution is -0.130. The Labute approximate surface area is 139 Å². The third-order valence-electron chi connectivity index (χ3n) is 4.71. The van der Waals surface area contributed by atoms with Gasteiger partial charge < -0.3 is 14.7 Å². The van der Waals surface area contributed by atoms with Gasteiger partial charge in [0.1, 0.15) is 18.2 Å². The number of hydrogen-bond acceptors (Lipinski definition) is 2. The first kappa shape index (κ1) is 16.7. The number of carbonyl (C=O) groups excluding carboxylic acids is 2. The van der Waals surface area contributed by atoms with Crippen LogP contribution in [-0.2, 0) is 11.2 Å². The number of likely N-dealkylation sites (tertiary alicyclic amines) is 1. The van der Waals surface area contributed by atoms with E-state index in [2.05, 4.69) is 0 Å². The largest absolute Gasteiger partial charge is 0.341 e. The van der Waals surface area contributed by atoms with Gasteiger partial charge in [-0.3, -0.25) is 4.79 Å². The monoisotopic (exact) mass is 337 g/mol. The molecule has 0 saturated carbocycles. The summed E-state index contributed by atoms with van der Waals surface area (Å²) in [5.74, 6) is -1.03. The van der Waals surface area contributed by atoms with Crippen LogP contribution in [0, 0.1) is 17.6 Å². The van der Waals surface area contributed by atoms with Crippen molar-refractivity contribution in [1.82, 2.24) is 14.7 Å². The molecule has 2 aliphatic rings. The van der Waals surface area contributed by atoms with Gasteiger partial charge in [0.05, 0.1) is 0 Å². The summed E-state index contributed by atoms with van der Waals surface area (Å²) in [4.78, 5) is 29.1. The summed E-state index contributed by atoms with van der Waals surface area (Å²) in [6, 6.07) is 3.42. The number of hydrogen-bond donors (Lipinski definition) is 0. The van der Waals surface area contributed by atoms with Gasteiger partial charge in [0, 0.05) is 39.3 Å². The van der Waals surface area contributed by atoms with Gasteiger partial charge in [-0.05, 0) is 36.5 Å². The number of halogens is 2. The smallest absolute Gasteiger partial charge is 0.320 e. The minimum Gasteiger partial charge on any atom is -0.341 e. The van der Waals surface area contributed by atoms with Crippen LogP contribution >= 0.6 is 0 Å². The molecule has 2 fully saturated rings. The van der Waals surface area contributed by atoms with Crippen molar-refractivity contribution in [2.45, 2.75) is 12.8 Å². The van der Waals surface area contributed by atoms with Gasteiger partial charge >= 0.3 is 6.03 Å². The van der Waals surface area contributed by atoms with Crippen LogP contribution in [0.4, 0.5) is 13.6 Å². The van der Waals surface area contributed by atoms with Crippen molar-refractivity contribution in [3.05, 3.63) is 35.4 Å². The first-order valence-electron chi connectivity index (χ1n) is 8.15. The molecule has 2 saturated heterocycles. The molecule has 1 aromatic rings. The van der Waals surface area contributed by atoms with Gasteiger partial charge in [0.2, 0.25) is 5.91 Å². The summed E-state index contributed by atoms with van der Waals surface area (Å²) in [6.07, 6.45) is 1.35.